The Labute approximate surface area is 154 Å². The first-order valence-electron chi connectivity index (χ1n) is 9.30. The van der Waals surface area contributed by atoms with Gasteiger partial charge in [-0.2, -0.15) is 0 Å². The predicted octanol–water partition coefficient (Wildman–Crippen LogP) is 2.33. The molecule has 2 saturated heterocycles. The van der Waals surface area contributed by atoms with E-state index in [-0.39, 0.29) is 24.0 Å². The second-order valence-corrected chi connectivity index (χ2v) is 7.12. The predicted molar refractivity (Wildman–Crippen MR) is 101 cm³/mol. The van der Waals surface area contributed by atoms with Gasteiger partial charge in [0.2, 0.25) is 5.91 Å². The Balaban J connectivity index is 1.60. The van der Waals surface area contributed by atoms with Crippen molar-refractivity contribution in [2.24, 2.45) is 0 Å². The Morgan fingerprint density at radius 1 is 1.12 bits per heavy atom. The molecule has 0 aromatic heterocycles. The Kier molecular flexibility index (Phi) is 6.11. The van der Waals surface area contributed by atoms with Crippen molar-refractivity contribution < 1.29 is 14.3 Å². The number of hydrogen-bond acceptors (Lipinski definition) is 4. The van der Waals surface area contributed by atoms with E-state index >= 15 is 0 Å². The van der Waals surface area contributed by atoms with E-state index in [2.05, 4.69) is 20.9 Å². The van der Waals surface area contributed by atoms with Crippen molar-refractivity contribution in [3.8, 4) is 0 Å². The highest BCUT2D eigenvalue weighted by atomic mass is 16.5. The van der Waals surface area contributed by atoms with Crippen molar-refractivity contribution in [1.82, 2.24) is 10.2 Å². The molecule has 7 heteroatoms. The summed E-state index contributed by atoms with van der Waals surface area (Å²) in [6, 6.07) is 5.45. The number of carbonyl (C=O) groups is 2. The number of piperidine rings is 1. The van der Waals surface area contributed by atoms with Crippen LogP contribution in [0.3, 0.4) is 0 Å². The minimum Gasteiger partial charge on any atom is -0.378 e. The van der Waals surface area contributed by atoms with E-state index in [1.54, 1.807) is 6.07 Å². The van der Waals surface area contributed by atoms with Gasteiger partial charge in [0, 0.05) is 18.3 Å². The van der Waals surface area contributed by atoms with Crippen molar-refractivity contribution in [1.29, 1.82) is 0 Å². The third-order valence-electron chi connectivity index (χ3n) is 5.03. The van der Waals surface area contributed by atoms with Crippen LogP contribution in [0, 0.1) is 6.92 Å². The number of ether oxygens (including phenoxy) is 1. The molecule has 3 amide bonds. The molecule has 2 fully saturated rings. The molecule has 2 aliphatic heterocycles. The molecule has 2 unspecified atom stereocenters. The second kappa shape index (κ2) is 8.51. The molecular weight excluding hydrogens is 332 g/mol. The fourth-order valence-corrected chi connectivity index (χ4v) is 3.66. The maximum atomic E-state index is 12.5. The van der Waals surface area contributed by atoms with Gasteiger partial charge in [0.15, 0.2) is 0 Å². The van der Waals surface area contributed by atoms with Crippen molar-refractivity contribution >= 4 is 23.3 Å². The number of benzene rings is 1. The number of anilines is 2. The molecule has 3 N–H and O–H groups in total. The molecule has 26 heavy (non-hydrogen) atoms. The number of aryl methyl sites for hydroxylation is 1. The first kappa shape index (κ1) is 18.7. The molecule has 1 aromatic carbocycles. The summed E-state index contributed by atoms with van der Waals surface area (Å²) < 4.78 is 5.63. The van der Waals surface area contributed by atoms with E-state index in [9.17, 15) is 9.59 Å². The molecule has 0 aliphatic carbocycles. The van der Waals surface area contributed by atoms with Crippen LogP contribution in [0.2, 0.25) is 0 Å². The van der Waals surface area contributed by atoms with Gasteiger partial charge in [0.05, 0.1) is 25.3 Å². The van der Waals surface area contributed by atoms with Crippen LogP contribution >= 0.6 is 0 Å². The average Bonchev–Trinajstić information content (AvgIpc) is 3.06. The molecule has 0 spiro atoms. The summed E-state index contributed by atoms with van der Waals surface area (Å²) >= 11 is 0. The average molecular weight is 360 g/mol. The Hall–Kier alpha value is -2.12. The maximum absolute atomic E-state index is 12.5. The van der Waals surface area contributed by atoms with Crippen molar-refractivity contribution in [3.05, 3.63) is 23.8 Å². The molecule has 2 atom stereocenters. The van der Waals surface area contributed by atoms with Gasteiger partial charge in [-0.25, -0.2) is 4.79 Å². The Morgan fingerprint density at radius 3 is 2.62 bits per heavy atom. The first-order valence-corrected chi connectivity index (χ1v) is 9.30. The van der Waals surface area contributed by atoms with Gasteiger partial charge in [0.1, 0.15) is 0 Å². The fraction of sp³-hybridized carbons (Fsp3) is 0.579. The number of carbonyl (C=O) groups excluding carboxylic acids is 2. The SMILES string of the molecule is CC(=O)Nc1ccc(C)c(NC(=O)NC2COCC2N2CCCCC2)c1. The minimum absolute atomic E-state index is 0.00747. The quantitative estimate of drug-likeness (QED) is 0.770. The number of hydrogen-bond donors (Lipinski definition) is 3. The summed E-state index contributed by atoms with van der Waals surface area (Å²) in [7, 11) is 0. The van der Waals surface area contributed by atoms with Crippen LogP contribution in [-0.4, -0.2) is 55.2 Å². The standard InChI is InChI=1S/C19H28N4O3/c1-13-6-7-15(20-14(2)24)10-16(13)21-19(25)22-17-11-26-12-18(17)23-8-4-3-5-9-23/h6-7,10,17-18H,3-5,8-9,11-12H2,1-2H3,(H,20,24)(H2,21,22,25). The number of urea groups is 1. The summed E-state index contributed by atoms with van der Waals surface area (Å²) in [6.45, 7) is 6.74. The second-order valence-electron chi connectivity index (χ2n) is 7.12. The van der Waals surface area contributed by atoms with Crippen LogP contribution in [0.1, 0.15) is 31.7 Å². The summed E-state index contributed by atoms with van der Waals surface area (Å²) in [5, 5.41) is 8.69. The van der Waals surface area contributed by atoms with Crippen LogP contribution in [0.5, 0.6) is 0 Å². The van der Waals surface area contributed by atoms with Gasteiger partial charge >= 0.3 is 6.03 Å². The molecule has 142 valence electrons. The molecule has 2 aliphatic rings. The van der Waals surface area contributed by atoms with Crippen LogP contribution in [-0.2, 0) is 9.53 Å². The van der Waals surface area contributed by atoms with E-state index in [1.165, 1.54) is 26.2 Å². The fourth-order valence-electron chi connectivity index (χ4n) is 3.66. The Morgan fingerprint density at radius 2 is 1.88 bits per heavy atom. The molecular formula is C19H28N4O3. The number of rotatable bonds is 4. The van der Waals surface area contributed by atoms with Crippen molar-refractivity contribution in [2.45, 2.75) is 45.2 Å². The minimum atomic E-state index is -0.245. The lowest BCUT2D eigenvalue weighted by molar-refractivity contribution is -0.114. The lowest BCUT2D eigenvalue weighted by atomic mass is 10.1. The molecule has 1 aromatic rings. The van der Waals surface area contributed by atoms with E-state index < -0.39 is 0 Å². The smallest absolute Gasteiger partial charge is 0.319 e. The van der Waals surface area contributed by atoms with Crippen LogP contribution < -0.4 is 16.0 Å². The van der Waals surface area contributed by atoms with E-state index in [0.29, 0.717) is 24.6 Å². The topological polar surface area (TPSA) is 82.7 Å². The van der Waals surface area contributed by atoms with Crippen molar-refractivity contribution in [3.63, 3.8) is 0 Å². The van der Waals surface area contributed by atoms with Gasteiger partial charge in [-0.05, 0) is 50.6 Å². The zero-order valence-electron chi connectivity index (χ0n) is 15.5. The third kappa shape index (κ3) is 4.74. The Bertz CT molecular complexity index is 658. The van der Waals surface area contributed by atoms with E-state index in [1.807, 2.05) is 19.1 Å². The molecule has 7 nitrogen and oxygen atoms in total. The summed E-state index contributed by atoms with van der Waals surface area (Å²) in [5.41, 5.74) is 2.28. The van der Waals surface area contributed by atoms with E-state index in [0.717, 1.165) is 18.7 Å². The van der Waals surface area contributed by atoms with Gasteiger partial charge < -0.3 is 20.7 Å². The lowest BCUT2D eigenvalue weighted by Gasteiger charge is -2.34. The summed E-state index contributed by atoms with van der Waals surface area (Å²) in [5.74, 6) is -0.142. The largest absolute Gasteiger partial charge is 0.378 e. The summed E-state index contributed by atoms with van der Waals surface area (Å²) in [6.07, 6.45) is 3.71. The van der Waals surface area contributed by atoms with Gasteiger partial charge in [-0.15, -0.1) is 0 Å². The van der Waals surface area contributed by atoms with Crippen LogP contribution in [0.4, 0.5) is 16.2 Å². The normalized spacial score (nSPS) is 23.5. The number of nitrogens with zero attached hydrogens (tertiary/aromatic N) is 1. The first-order chi connectivity index (χ1) is 12.5. The molecule has 0 bridgehead atoms. The third-order valence-corrected chi connectivity index (χ3v) is 5.03. The number of likely N-dealkylation sites (tertiary alicyclic amines) is 1. The van der Waals surface area contributed by atoms with E-state index in [4.69, 9.17) is 4.74 Å². The monoisotopic (exact) mass is 360 g/mol. The van der Waals surface area contributed by atoms with Gasteiger partial charge in [-0.3, -0.25) is 9.69 Å². The lowest BCUT2D eigenvalue weighted by Crippen LogP contribution is -2.53. The maximum Gasteiger partial charge on any atom is 0.319 e. The summed E-state index contributed by atoms with van der Waals surface area (Å²) in [4.78, 5) is 26.2. The van der Waals surface area contributed by atoms with Crippen molar-refractivity contribution in [2.75, 3.05) is 36.9 Å². The molecule has 0 saturated carbocycles. The zero-order valence-corrected chi connectivity index (χ0v) is 15.5. The van der Waals surface area contributed by atoms with Crippen LogP contribution in [0.15, 0.2) is 18.2 Å². The van der Waals surface area contributed by atoms with Crippen LogP contribution in [0.25, 0.3) is 0 Å². The zero-order chi connectivity index (χ0) is 18.5. The number of nitrogens with one attached hydrogen (secondary N) is 3. The highest BCUT2D eigenvalue weighted by molar-refractivity contribution is 5.93. The van der Waals surface area contributed by atoms with Gasteiger partial charge in [-0.1, -0.05) is 12.5 Å². The highest BCUT2D eigenvalue weighted by Crippen LogP contribution is 2.21. The molecule has 2 heterocycles. The van der Waals surface area contributed by atoms with Gasteiger partial charge in [0.25, 0.3) is 0 Å². The number of amides is 3. The molecule has 3 rings (SSSR count). The highest BCUT2D eigenvalue weighted by Gasteiger charge is 2.34. The molecule has 0 radical (unpaired) electrons.